The lowest BCUT2D eigenvalue weighted by molar-refractivity contribution is -0.146. The average Bonchev–Trinajstić information content (AvgIpc) is 3.33. The molecule has 1 aliphatic heterocycles. The zero-order valence-electron chi connectivity index (χ0n) is 19.5. The summed E-state index contributed by atoms with van der Waals surface area (Å²) in [4.78, 5) is 23.0. The van der Waals surface area contributed by atoms with Gasteiger partial charge >= 0.3 is 5.97 Å². The molecule has 0 bridgehead atoms. The molecule has 0 unspecified atom stereocenters. The molecule has 6 nitrogen and oxygen atoms in total. The lowest BCUT2D eigenvalue weighted by Crippen LogP contribution is -2.44. The van der Waals surface area contributed by atoms with Gasteiger partial charge < -0.3 is 14.7 Å². The van der Waals surface area contributed by atoms with Crippen LogP contribution in [0.25, 0.3) is 10.9 Å². The van der Waals surface area contributed by atoms with Crippen LogP contribution in [0, 0.1) is 11.8 Å². The summed E-state index contributed by atoms with van der Waals surface area (Å²) in [5, 5.41) is 13.0. The smallest absolute Gasteiger partial charge is 0.308 e. The third kappa shape index (κ3) is 8.65. The molecular formula is C24H32Cl3N3O3S2. The first-order chi connectivity index (χ1) is 15.6. The summed E-state index contributed by atoms with van der Waals surface area (Å²) in [5.74, 6) is 1.06. The number of halogens is 3. The number of fused-ring (bicyclic) bond motifs is 1. The number of aryl methyl sites for hydroxylation is 1. The number of pyridine rings is 1. The lowest BCUT2D eigenvalue weighted by atomic mass is 9.81. The highest BCUT2D eigenvalue weighted by atomic mass is 35.5. The van der Waals surface area contributed by atoms with Crippen molar-refractivity contribution in [3.8, 4) is 5.75 Å². The molecule has 1 N–H and O–H groups in total. The highest BCUT2D eigenvalue weighted by Gasteiger charge is 2.33. The largest absolute Gasteiger partial charge is 0.497 e. The molecule has 1 saturated heterocycles. The van der Waals surface area contributed by atoms with E-state index in [9.17, 15) is 9.90 Å². The van der Waals surface area contributed by atoms with Gasteiger partial charge in [0.15, 0.2) is 0 Å². The molecule has 3 heterocycles. The molecule has 0 amide bonds. The van der Waals surface area contributed by atoms with Crippen molar-refractivity contribution in [1.82, 2.24) is 14.9 Å². The second-order valence-corrected chi connectivity index (χ2v) is 10.4. The number of methoxy groups -OCH3 is 1. The molecule has 3 aromatic rings. The standard InChI is InChI=1S/C24H29N3O3S2.3ClH/c1-30-19-5-6-22-20(15-19)17(7-9-25-22)3-2-4-18-8-11-27(16-21(18)23(28)29)12-14-32-24-26-10-13-31-24;;;/h5-7,9-10,13,15,18,21H,2-4,8,11-12,14,16H2,1H3,(H,28,29);3*1H/t18-,21+;;;/m1.../s1. The third-order valence-corrected chi connectivity index (χ3v) is 8.21. The van der Waals surface area contributed by atoms with E-state index in [0.717, 1.165) is 65.5 Å². The van der Waals surface area contributed by atoms with Gasteiger partial charge in [0.05, 0.1) is 18.5 Å². The Morgan fingerprint density at radius 2 is 2.06 bits per heavy atom. The number of thioether (sulfide) groups is 1. The van der Waals surface area contributed by atoms with Gasteiger partial charge in [-0.3, -0.25) is 9.78 Å². The van der Waals surface area contributed by atoms with E-state index in [4.69, 9.17) is 4.74 Å². The summed E-state index contributed by atoms with van der Waals surface area (Å²) < 4.78 is 6.45. The van der Waals surface area contributed by atoms with Crippen LogP contribution in [0.4, 0.5) is 0 Å². The van der Waals surface area contributed by atoms with Gasteiger partial charge in [0.1, 0.15) is 10.1 Å². The number of carboxylic acids is 1. The number of carbonyl (C=O) groups is 1. The summed E-state index contributed by atoms with van der Waals surface area (Å²) in [7, 11) is 1.67. The summed E-state index contributed by atoms with van der Waals surface area (Å²) in [6.07, 6.45) is 7.46. The third-order valence-electron chi connectivity index (χ3n) is 6.26. The number of aromatic nitrogens is 2. The van der Waals surface area contributed by atoms with Gasteiger partial charge in [0, 0.05) is 42.0 Å². The maximum Gasteiger partial charge on any atom is 0.308 e. The predicted molar refractivity (Wildman–Crippen MR) is 151 cm³/mol. The molecule has 1 aromatic carbocycles. The van der Waals surface area contributed by atoms with Gasteiger partial charge in [-0.25, -0.2) is 4.98 Å². The van der Waals surface area contributed by atoms with E-state index in [-0.39, 0.29) is 49.1 Å². The SMILES string of the molecule is COc1ccc2nccc(CCC[C@@H]3CCN(CCSc4nccs4)C[C@@H]3C(=O)O)c2c1.Cl.Cl.Cl. The van der Waals surface area contributed by atoms with Gasteiger partial charge in [0.25, 0.3) is 0 Å². The van der Waals surface area contributed by atoms with Crippen LogP contribution in [0.2, 0.25) is 0 Å². The maximum absolute atomic E-state index is 12.0. The Morgan fingerprint density at radius 1 is 1.23 bits per heavy atom. The number of carboxylic acid groups (broad SMARTS) is 1. The van der Waals surface area contributed by atoms with Crippen molar-refractivity contribution >= 4 is 77.2 Å². The van der Waals surface area contributed by atoms with Gasteiger partial charge in [-0.15, -0.1) is 48.6 Å². The van der Waals surface area contributed by atoms with Crippen LogP contribution < -0.4 is 4.74 Å². The Hall–Kier alpha value is -1.29. The van der Waals surface area contributed by atoms with Crippen molar-refractivity contribution in [2.75, 3.05) is 32.5 Å². The molecule has 0 spiro atoms. The number of aliphatic carboxylic acids is 1. The Labute approximate surface area is 233 Å². The molecule has 194 valence electrons. The fourth-order valence-corrected chi connectivity index (χ4v) is 6.23. The molecule has 1 aliphatic rings. The van der Waals surface area contributed by atoms with Crippen LogP contribution in [0.15, 0.2) is 46.4 Å². The van der Waals surface area contributed by atoms with Crippen molar-refractivity contribution in [2.24, 2.45) is 11.8 Å². The zero-order chi connectivity index (χ0) is 22.3. The molecule has 1 fully saturated rings. The first-order valence-electron chi connectivity index (χ1n) is 11.0. The minimum atomic E-state index is -0.661. The normalized spacial score (nSPS) is 17.6. The summed E-state index contributed by atoms with van der Waals surface area (Å²) in [5.41, 5.74) is 2.22. The molecule has 0 radical (unpaired) electrons. The van der Waals surface area contributed by atoms with Crippen molar-refractivity contribution in [2.45, 2.75) is 30.0 Å². The monoisotopic (exact) mass is 579 g/mol. The van der Waals surface area contributed by atoms with E-state index in [1.165, 1.54) is 5.56 Å². The molecule has 2 aromatic heterocycles. The number of rotatable bonds is 10. The van der Waals surface area contributed by atoms with E-state index < -0.39 is 5.97 Å². The van der Waals surface area contributed by atoms with E-state index in [0.29, 0.717) is 6.54 Å². The van der Waals surface area contributed by atoms with Gasteiger partial charge in [-0.2, -0.15) is 0 Å². The minimum absolute atomic E-state index is 0. The Kier molecular flexibility index (Phi) is 14.3. The number of likely N-dealkylation sites (tertiary alicyclic amines) is 1. The van der Waals surface area contributed by atoms with Crippen molar-refractivity contribution in [3.63, 3.8) is 0 Å². The highest BCUT2D eigenvalue weighted by molar-refractivity contribution is 8.01. The predicted octanol–water partition coefficient (Wildman–Crippen LogP) is 6.10. The van der Waals surface area contributed by atoms with Crippen molar-refractivity contribution in [3.05, 3.63) is 47.6 Å². The number of ether oxygens (including phenoxy) is 1. The number of nitrogens with zero attached hydrogens (tertiary/aromatic N) is 3. The summed E-state index contributed by atoms with van der Waals surface area (Å²) >= 11 is 3.40. The van der Waals surface area contributed by atoms with Crippen molar-refractivity contribution in [1.29, 1.82) is 0 Å². The lowest BCUT2D eigenvalue weighted by Gasteiger charge is -2.36. The minimum Gasteiger partial charge on any atom is -0.497 e. The fraction of sp³-hybridized carbons (Fsp3) is 0.458. The zero-order valence-corrected chi connectivity index (χ0v) is 23.6. The van der Waals surface area contributed by atoms with E-state index in [1.807, 2.05) is 36.0 Å². The number of benzene rings is 1. The van der Waals surface area contributed by atoms with Crippen LogP contribution >= 0.6 is 60.3 Å². The Morgan fingerprint density at radius 3 is 2.77 bits per heavy atom. The van der Waals surface area contributed by atoms with Crippen LogP contribution in [0.1, 0.15) is 24.8 Å². The van der Waals surface area contributed by atoms with E-state index in [1.54, 1.807) is 30.2 Å². The van der Waals surface area contributed by atoms with Crippen LogP contribution in [-0.4, -0.2) is 58.4 Å². The molecule has 4 rings (SSSR count). The highest BCUT2D eigenvalue weighted by Crippen LogP contribution is 2.30. The summed E-state index contributed by atoms with van der Waals surface area (Å²) in [6.45, 7) is 2.53. The van der Waals surface area contributed by atoms with Gasteiger partial charge in [-0.05, 0) is 68.0 Å². The second kappa shape index (κ2) is 15.7. The number of piperidine rings is 1. The van der Waals surface area contributed by atoms with Crippen LogP contribution in [-0.2, 0) is 11.2 Å². The van der Waals surface area contributed by atoms with Gasteiger partial charge in [-0.1, -0.05) is 11.8 Å². The molecule has 35 heavy (non-hydrogen) atoms. The van der Waals surface area contributed by atoms with E-state index in [2.05, 4.69) is 20.9 Å². The topological polar surface area (TPSA) is 75.5 Å². The van der Waals surface area contributed by atoms with Crippen molar-refractivity contribution < 1.29 is 14.6 Å². The second-order valence-electron chi connectivity index (χ2n) is 8.19. The van der Waals surface area contributed by atoms with E-state index >= 15 is 0 Å². The van der Waals surface area contributed by atoms with Crippen LogP contribution in [0.3, 0.4) is 0 Å². The molecular weight excluding hydrogens is 549 g/mol. The quantitative estimate of drug-likeness (QED) is 0.290. The molecule has 0 saturated carbocycles. The number of thiazole rings is 1. The van der Waals surface area contributed by atoms with Crippen LogP contribution in [0.5, 0.6) is 5.75 Å². The average molecular weight is 581 g/mol. The fourth-order valence-electron chi connectivity index (χ4n) is 4.52. The molecule has 0 aliphatic carbocycles. The molecule has 2 atom stereocenters. The molecule has 11 heteroatoms. The summed E-state index contributed by atoms with van der Waals surface area (Å²) in [6, 6.07) is 8.03. The number of hydrogen-bond acceptors (Lipinski definition) is 7. The number of hydrogen-bond donors (Lipinski definition) is 1. The Bertz CT molecular complexity index is 1040. The Balaban J connectivity index is 0.00000204. The first kappa shape index (κ1) is 31.7. The van der Waals surface area contributed by atoms with Gasteiger partial charge in [0.2, 0.25) is 0 Å². The first-order valence-corrected chi connectivity index (χ1v) is 12.9. The maximum atomic E-state index is 12.0.